The van der Waals surface area contributed by atoms with Crippen molar-refractivity contribution in [3.63, 3.8) is 0 Å². The zero-order valence-corrected chi connectivity index (χ0v) is 10.5. The summed E-state index contributed by atoms with van der Waals surface area (Å²) in [7, 11) is 1.96. The molecule has 1 atom stereocenters. The Kier molecular flexibility index (Phi) is 2.91. The third-order valence-corrected chi connectivity index (χ3v) is 3.20. The normalized spacial score (nSPS) is 13.6. The summed E-state index contributed by atoms with van der Waals surface area (Å²) in [6.07, 6.45) is 0. The Morgan fingerprint density at radius 2 is 2.06 bits per heavy atom. The number of benzene rings is 1. The maximum absolute atomic E-state index is 6.16. The van der Waals surface area contributed by atoms with Crippen molar-refractivity contribution in [1.82, 2.24) is 9.55 Å². The lowest BCUT2D eigenvalue weighted by Crippen LogP contribution is -2.20. The van der Waals surface area contributed by atoms with Crippen LogP contribution >= 0.6 is 11.6 Å². The number of imidazole rings is 1. The Balaban J connectivity index is 2.65. The van der Waals surface area contributed by atoms with Gasteiger partial charge in [-0.25, -0.2) is 4.98 Å². The first-order valence-corrected chi connectivity index (χ1v) is 5.76. The Labute approximate surface area is 100 Å². The minimum absolute atomic E-state index is 0.0616. The van der Waals surface area contributed by atoms with Gasteiger partial charge in [0.25, 0.3) is 0 Å². The van der Waals surface area contributed by atoms with Gasteiger partial charge in [0.2, 0.25) is 0 Å². The number of nitrogens with zero attached hydrogens (tertiary/aromatic N) is 2. The predicted molar refractivity (Wildman–Crippen MR) is 67.5 cm³/mol. The van der Waals surface area contributed by atoms with Crippen molar-refractivity contribution in [3.8, 4) is 0 Å². The highest BCUT2D eigenvalue weighted by Crippen LogP contribution is 2.27. The van der Waals surface area contributed by atoms with E-state index in [4.69, 9.17) is 17.3 Å². The summed E-state index contributed by atoms with van der Waals surface area (Å²) in [4.78, 5) is 4.55. The summed E-state index contributed by atoms with van der Waals surface area (Å²) in [6.45, 7) is 4.18. The molecule has 2 N–H and O–H groups in total. The van der Waals surface area contributed by atoms with E-state index in [1.165, 1.54) is 0 Å². The van der Waals surface area contributed by atoms with Crippen molar-refractivity contribution in [1.29, 1.82) is 0 Å². The fourth-order valence-corrected chi connectivity index (χ4v) is 2.13. The van der Waals surface area contributed by atoms with E-state index >= 15 is 0 Å². The molecule has 0 saturated heterocycles. The molecule has 1 unspecified atom stereocenters. The molecule has 16 heavy (non-hydrogen) atoms. The molecule has 86 valence electrons. The lowest BCUT2D eigenvalue weighted by atomic mass is 10.1. The summed E-state index contributed by atoms with van der Waals surface area (Å²) in [5.41, 5.74) is 7.98. The minimum Gasteiger partial charge on any atom is -0.329 e. The van der Waals surface area contributed by atoms with E-state index in [1.807, 2.05) is 29.8 Å². The van der Waals surface area contributed by atoms with Crippen LogP contribution in [0.3, 0.4) is 0 Å². The third-order valence-electron chi connectivity index (χ3n) is 2.90. The Hall–Kier alpha value is -1.06. The standard InChI is InChI=1S/C12H16ClN3/c1-7(2)10(14)12-15-9-6-4-5-8(13)11(9)16(12)3/h4-7,10H,14H2,1-3H3. The first-order valence-electron chi connectivity index (χ1n) is 5.38. The van der Waals surface area contributed by atoms with Gasteiger partial charge in [-0.2, -0.15) is 0 Å². The van der Waals surface area contributed by atoms with Gasteiger partial charge in [-0.1, -0.05) is 31.5 Å². The number of aromatic nitrogens is 2. The maximum atomic E-state index is 6.16. The van der Waals surface area contributed by atoms with Gasteiger partial charge in [0.1, 0.15) is 5.82 Å². The average Bonchev–Trinajstić information content (AvgIpc) is 2.56. The lowest BCUT2D eigenvalue weighted by molar-refractivity contribution is 0.480. The maximum Gasteiger partial charge on any atom is 0.126 e. The molecule has 0 spiro atoms. The van der Waals surface area contributed by atoms with Crippen LogP contribution in [-0.4, -0.2) is 9.55 Å². The number of fused-ring (bicyclic) bond motifs is 1. The molecule has 2 rings (SSSR count). The van der Waals surface area contributed by atoms with Crippen molar-refractivity contribution in [2.45, 2.75) is 19.9 Å². The molecular weight excluding hydrogens is 222 g/mol. The van der Waals surface area contributed by atoms with Gasteiger partial charge in [0.15, 0.2) is 0 Å². The van der Waals surface area contributed by atoms with Crippen LogP contribution in [0.25, 0.3) is 11.0 Å². The van der Waals surface area contributed by atoms with E-state index in [1.54, 1.807) is 0 Å². The van der Waals surface area contributed by atoms with Gasteiger partial charge in [0, 0.05) is 7.05 Å². The van der Waals surface area contributed by atoms with E-state index in [0.717, 1.165) is 21.9 Å². The SMILES string of the molecule is CC(C)C(N)c1nc2cccc(Cl)c2n1C. The summed E-state index contributed by atoms with van der Waals surface area (Å²) in [5, 5.41) is 0.717. The van der Waals surface area contributed by atoms with E-state index in [0.29, 0.717) is 5.92 Å². The molecule has 4 heteroatoms. The van der Waals surface area contributed by atoms with Gasteiger partial charge < -0.3 is 10.3 Å². The molecule has 1 heterocycles. The minimum atomic E-state index is -0.0616. The number of nitrogens with two attached hydrogens (primary N) is 1. The molecule has 0 radical (unpaired) electrons. The predicted octanol–water partition coefficient (Wildman–Crippen LogP) is 2.88. The second-order valence-electron chi connectivity index (χ2n) is 4.41. The summed E-state index contributed by atoms with van der Waals surface area (Å²) in [5.74, 6) is 1.24. The molecule has 2 aromatic rings. The van der Waals surface area contributed by atoms with Gasteiger partial charge in [0.05, 0.1) is 22.1 Å². The fraction of sp³-hybridized carbons (Fsp3) is 0.417. The Bertz CT molecular complexity index is 516. The van der Waals surface area contributed by atoms with E-state index in [2.05, 4.69) is 18.8 Å². The molecule has 0 aliphatic heterocycles. The average molecular weight is 238 g/mol. The van der Waals surface area contributed by atoms with Crippen LogP contribution in [0.15, 0.2) is 18.2 Å². The first kappa shape index (κ1) is 11.4. The van der Waals surface area contributed by atoms with Crippen molar-refractivity contribution in [3.05, 3.63) is 29.0 Å². The summed E-state index contributed by atoms with van der Waals surface area (Å²) < 4.78 is 1.99. The molecule has 1 aromatic heterocycles. The highest BCUT2D eigenvalue weighted by molar-refractivity contribution is 6.35. The van der Waals surface area contributed by atoms with Crippen LogP contribution in [0.4, 0.5) is 0 Å². The van der Waals surface area contributed by atoms with E-state index < -0.39 is 0 Å². The van der Waals surface area contributed by atoms with E-state index in [-0.39, 0.29) is 6.04 Å². The molecule has 0 saturated carbocycles. The van der Waals surface area contributed by atoms with Crippen LogP contribution in [0.1, 0.15) is 25.7 Å². The third kappa shape index (κ3) is 1.70. The molecule has 1 aromatic carbocycles. The molecule has 0 aliphatic carbocycles. The van der Waals surface area contributed by atoms with Crippen LogP contribution in [0, 0.1) is 5.92 Å². The van der Waals surface area contributed by atoms with E-state index in [9.17, 15) is 0 Å². The fourth-order valence-electron chi connectivity index (χ4n) is 1.84. The zero-order chi connectivity index (χ0) is 11.9. The quantitative estimate of drug-likeness (QED) is 0.873. The van der Waals surface area contributed by atoms with Crippen LogP contribution in [0.2, 0.25) is 5.02 Å². The summed E-state index contributed by atoms with van der Waals surface area (Å²) in [6, 6.07) is 5.67. The second-order valence-corrected chi connectivity index (χ2v) is 4.81. The smallest absolute Gasteiger partial charge is 0.126 e. The monoisotopic (exact) mass is 237 g/mol. The molecule has 0 fully saturated rings. The molecule has 0 aliphatic rings. The Morgan fingerprint density at radius 3 is 2.62 bits per heavy atom. The number of hydrogen-bond acceptors (Lipinski definition) is 2. The van der Waals surface area contributed by atoms with Gasteiger partial charge in [-0.3, -0.25) is 0 Å². The van der Waals surface area contributed by atoms with Crippen LogP contribution in [0.5, 0.6) is 0 Å². The topological polar surface area (TPSA) is 43.8 Å². The second kappa shape index (κ2) is 4.07. The number of aryl methyl sites for hydroxylation is 1. The van der Waals surface area contributed by atoms with Gasteiger partial charge in [-0.05, 0) is 18.1 Å². The molecule has 0 bridgehead atoms. The largest absolute Gasteiger partial charge is 0.329 e. The van der Waals surface area contributed by atoms with Gasteiger partial charge in [-0.15, -0.1) is 0 Å². The van der Waals surface area contributed by atoms with Crippen LogP contribution in [-0.2, 0) is 7.05 Å². The zero-order valence-electron chi connectivity index (χ0n) is 9.74. The van der Waals surface area contributed by atoms with Crippen LogP contribution < -0.4 is 5.73 Å². The molecular formula is C12H16ClN3. The van der Waals surface area contributed by atoms with Crippen molar-refractivity contribution in [2.75, 3.05) is 0 Å². The first-order chi connectivity index (χ1) is 7.52. The Morgan fingerprint density at radius 1 is 1.38 bits per heavy atom. The highest BCUT2D eigenvalue weighted by Gasteiger charge is 2.18. The molecule has 3 nitrogen and oxygen atoms in total. The van der Waals surface area contributed by atoms with Crippen molar-refractivity contribution < 1.29 is 0 Å². The summed E-state index contributed by atoms with van der Waals surface area (Å²) >= 11 is 6.16. The highest BCUT2D eigenvalue weighted by atomic mass is 35.5. The number of halogens is 1. The van der Waals surface area contributed by atoms with Crippen molar-refractivity contribution >= 4 is 22.6 Å². The number of hydrogen-bond donors (Lipinski definition) is 1. The number of rotatable bonds is 2. The van der Waals surface area contributed by atoms with Crippen molar-refractivity contribution in [2.24, 2.45) is 18.7 Å². The number of para-hydroxylation sites is 1. The molecule has 0 amide bonds. The lowest BCUT2D eigenvalue weighted by Gasteiger charge is -2.15. The van der Waals surface area contributed by atoms with Gasteiger partial charge >= 0.3 is 0 Å².